The minimum atomic E-state index is -1.31. The van der Waals surface area contributed by atoms with Crippen LogP contribution in [0.3, 0.4) is 0 Å². The Morgan fingerprint density at radius 1 is 1.14 bits per heavy atom. The molecule has 7 heteroatoms. The van der Waals surface area contributed by atoms with Crippen molar-refractivity contribution in [3.05, 3.63) is 59.2 Å². The quantitative estimate of drug-likeness (QED) is 0.598. The van der Waals surface area contributed by atoms with Crippen LogP contribution in [0.2, 0.25) is 0 Å². The van der Waals surface area contributed by atoms with Gasteiger partial charge in [0.15, 0.2) is 11.4 Å². The van der Waals surface area contributed by atoms with Crippen molar-refractivity contribution in [2.24, 2.45) is 0 Å². The van der Waals surface area contributed by atoms with Gasteiger partial charge in [-0.25, -0.2) is 14.8 Å². The van der Waals surface area contributed by atoms with E-state index in [4.69, 9.17) is 9.47 Å². The van der Waals surface area contributed by atoms with Crippen molar-refractivity contribution in [1.82, 2.24) is 9.97 Å². The van der Waals surface area contributed by atoms with E-state index in [1.165, 1.54) is 13.8 Å². The van der Waals surface area contributed by atoms with Gasteiger partial charge in [-0.2, -0.15) is 0 Å². The van der Waals surface area contributed by atoms with Crippen LogP contribution in [0.4, 0.5) is 0 Å². The number of hydrogen-bond acceptors (Lipinski definition) is 6. The first kappa shape index (κ1) is 19.8. The summed E-state index contributed by atoms with van der Waals surface area (Å²) < 4.78 is 11.4. The molecule has 146 valence electrons. The molecule has 0 amide bonds. The van der Waals surface area contributed by atoms with Crippen LogP contribution in [-0.4, -0.2) is 26.6 Å². The Morgan fingerprint density at radius 2 is 1.86 bits per heavy atom. The van der Waals surface area contributed by atoms with E-state index in [9.17, 15) is 9.90 Å². The number of aryl methyl sites for hydroxylation is 1. The molecule has 0 fully saturated rings. The van der Waals surface area contributed by atoms with Gasteiger partial charge in [-0.15, -0.1) is 11.3 Å². The minimum Gasteiger partial charge on any atom is -0.488 e. The highest BCUT2D eigenvalue weighted by atomic mass is 32.1. The third-order valence-corrected chi connectivity index (χ3v) is 5.12. The molecule has 0 aliphatic heterocycles. The van der Waals surface area contributed by atoms with Gasteiger partial charge in [0.1, 0.15) is 18.1 Å². The predicted octanol–water partition coefficient (Wildman–Crippen LogP) is 4.59. The highest BCUT2D eigenvalue weighted by Gasteiger charge is 2.29. The molecule has 0 radical (unpaired) electrons. The summed E-state index contributed by atoms with van der Waals surface area (Å²) in [5.74, 6) is 0.734. The van der Waals surface area contributed by atoms with Crippen LogP contribution in [0.25, 0.3) is 10.7 Å². The Hall–Kier alpha value is -2.93. The number of carbonyl (C=O) groups is 1. The van der Waals surface area contributed by atoms with Crippen molar-refractivity contribution in [1.29, 1.82) is 0 Å². The summed E-state index contributed by atoms with van der Waals surface area (Å²) in [6.07, 6.45) is 4.61. The molecule has 28 heavy (non-hydrogen) atoms. The lowest BCUT2D eigenvalue weighted by Crippen LogP contribution is -2.37. The molecule has 0 unspecified atom stereocenters. The van der Waals surface area contributed by atoms with Gasteiger partial charge in [-0.1, -0.05) is 13.0 Å². The van der Waals surface area contributed by atoms with Crippen molar-refractivity contribution in [3.8, 4) is 22.2 Å². The van der Waals surface area contributed by atoms with E-state index < -0.39 is 11.6 Å². The Morgan fingerprint density at radius 3 is 2.54 bits per heavy atom. The van der Waals surface area contributed by atoms with Gasteiger partial charge in [0.05, 0.1) is 4.88 Å². The van der Waals surface area contributed by atoms with Gasteiger partial charge in [0, 0.05) is 23.3 Å². The molecule has 2 aromatic heterocycles. The topological polar surface area (TPSA) is 81.5 Å². The molecule has 0 atom stereocenters. The molecular weight excluding hydrogens is 376 g/mol. The second-order valence-corrected chi connectivity index (χ2v) is 7.88. The first-order chi connectivity index (χ1) is 13.4. The van der Waals surface area contributed by atoms with Crippen LogP contribution in [-0.2, 0) is 17.8 Å². The monoisotopic (exact) mass is 398 g/mol. The van der Waals surface area contributed by atoms with Crippen LogP contribution in [0.15, 0.2) is 48.8 Å². The molecule has 0 saturated heterocycles. The van der Waals surface area contributed by atoms with E-state index in [2.05, 4.69) is 16.9 Å². The van der Waals surface area contributed by atoms with Crippen LogP contribution in [0, 0.1) is 0 Å². The van der Waals surface area contributed by atoms with Gasteiger partial charge < -0.3 is 14.6 Å². The highest BCUT2D eigenvalue weighted by Crippen LogP contribution is 2.28. The molecule has 1 N–H and O–H groups in total. The zero-order chi connectivity index (χ0) is 20.1. The second kappa shape index (κ2) is 8.39. The van der Waals surface area contributed by atoms with E-state index in [0.717, 1.165) is 21.7 Å². The fourth-order valence-corrected chi connectivity index (χ4v) is 3.23. The largest absolute Gasteiger partial charge is 0.488 e. The molecule has 1 aromatic carbocycles. The van der Waals surface area contributed by atoms with E-state index in [0.29, 0.717) is 23.9 Å². The first-order valence-electron chi connectivity index (χ1n) is 8.92. The third-order valence-electron chi connectivity index (χ3n) is 4.07. The van der Waals surface area contributed by atoms with E-state index in [1.807, 2.05) is 30.6 Å². The number of aliphatic carboxylic acids is 1. The molecular formula is C21H22N2O4S. The summed E-state index contributed by atoms with van der Waals surface area (Å²) in [5.41, 5.74) is -0.203. The summed E-state index contributed by atoms with van der Waals surface area (Å²) in [6.45, 7) is 5.47. The molecule has 0 bridgehead atoms. The standard InChI is InChI=1S/C21H22N2O4S/c1-4-14-11-22-19(23-12-14)18-9-8-17(28-18)13-26-15-6-5-7-16(10-15)27-21(2,3)20(24)25/h5-12H,4,13H2,1-3H3,(H,24,25). The molecule has 0 saturated carbocycles. The third kappa shape index (κ3) is 4.86. The van der Waals surface area contributed by atoms with Crippen molar-refractivity contribution in [2.75, 3.05) is 0 Å². The summed E-state index contributed by atoms with van der Waals surface area (Å²) in [5, 5.41) is 9.18. The molecule has 0 aliphatic rings. The number of rotatable bonds is 8. The smallest absolute Gasteiger partial charge is 0.347 e. The molecule has 3 rings (SSSR count). The number of nitrogens with zero attached hydrogens (tertiary/aromatic N) is 2. The van der Waals surface area contributed by atoms with E-state index in [1.54, 1.807) is 29.5 Å². The highest BCUT2D eigenvalue weighted by molar-refractivity contribution is 7.15. The number of thiophene rings is 1. The average molecular weight is 398 g/mol. The summed E-state index contributed by atoms with van der Waals surface area (Å²) in [4.78, 5) is 22.0. The molecule has 3 aromatic rings. The Labute approximate surface area is 167 Å². The van der Waals surface area contributed by atoms with E-state index in [-0.39, 0.29) is 0 Å². The van der Waals surface area contributed by atoms with Crippen molar-refractivity contribution >= 4 is 17.3 Å². The van der Waals surface area contributed by atoms with Crippen LogP contribution >= 0.6 is 11.3 Å². The Bertz CT molecular complexity index is 951. The maximum atomic E-state index is 11.2. The van der Waals surface area contributed by atoms with Crippen molar-refractivity contribution in [3.63, 3.8) is 0 Å². The fourth-order valence-electron chi connectivity index (χ4n) is 2.36. The molecule has 2 heterocycles. The number of carboxylic acid groups (broad SMARTS) is 1. The number of aromatic nitrogens is 2. The van der Waals surface area contributed by atoms with Gasteiger partial charge >= 0.3 is 5.97 Å². The number of carboxylic acids is 1. The molecule has 0 aliphatic carbocycles. The summed E-state index contributed by atoms with van der Waals surface area (Å²) >= 11 is 1.58. The average Bonchev–Trinajstić information content (AvgIpc) is 3.15. The maximum absolute atomic E-state index is 11.2. The summed E-state index contributed by atoms with van der Waals surface area (Å²) in [6, 6.07) is 10.9. The van der Waals surface area contributed by atoms with Crippen LogP contribution < -0.4 is 9.47 Å². The molecule has 6 nitrogen and oxygen atoms in total. The van der Waals surface area contributed by atoms with Gasteiger partial charge in [-0.05, 0) is 50.1 Å². The lowest BCUT2D eigenvalue weighted by Gasteiger charge is -2.21. The summed E-state index contributed by atoms with van der Waals surface area (Å²) in [7, 11) is 0. The second-order valence-electron chi connectivity index (χ2n) is 6.72. The lowest BCUT2D eigenvalue weighted by atomic mass is 10.1. The maximum Gasteiger partial charge on any atom is 0.347 e. The fraction of sp³-hybridized carbons (Fsp3) is 0.286. The predicted molar refractivity (Wildman–Crippen MR) is 108 cm³/mol. The minimum absolute atomic E-state index is 0.392. The zero-order valence-electron chi connectivity index (χ0n) is 16.0. The lowest BCUT2D eigenvalue weighted by molar-refractivity contribution is -0.152. The Kier molecular flexibility index (Phi) is 5.94. The van der Waals surface area contributed by atoms with Crippen molar-refractivity contribution in [2.45, 2.75) is 39.4 Å². The Balaban J connectivity index is 1.64. The van der Waals surface area contributed by atoms with E-state index >= 15 is 0 Å². The normalized spacial score (nSPS) is 11.2. The van der Waals surface area contributed by atoms with Gasteiger partial charge in [0.2, 0.25) is 0 Å². The van der Waals surface area contributed by atoms with Gasteiger partial charge in [-0.3, -0.25) is 0 Å². The number of ether oxygens (including phenoxy) is 2. The van der Waals surface area contributed by atoms with Crippen LogP contribution in [0.5, 0.6) is 11.5 Å². The first-order valence-corrected chi connectivity index (χ1v) is 9.74. The van der Waals surface area contributed by atoms with Crippen molar-refractivity contribution < 1.29 is 19.4 Å². The molecule has 0 spiro atoms. The SMILES string of the molecule is CCc1cnc(-c2ccc(COc3cccc(OC(C)(C)C(=O)O)c3)s2)nc1. The number of hydrogen-bond donors (Lipinski definition) is 1. The van der Waals surface area contributed by atoms with Crippen LogP contribution in [0.1, 0.15) is 31.2 Å². The zero-order valence-corrected chi connectivity index (χ0v) is 16.8. The number of benzene rings is 1. The van der Waals surface area contributed by atoms with Gasteiger partial charge in [0.25, 0.3) is 0 Å².